The number of methoxy groups -OCH3 is 1. The number of nitrogens with zero attached hydrogens (tertiary/aromatic N) is 1. The number of ether oxygens (including phenoxy) is 2. The van der Waals surface area contributed by atoms with Crippen molar-refractivity contribution in [1.82, 2.24) is 5.32 Å². The molecule has 1 aromatic rings. The maximum atomic E-state index is 12.2. The summed E-state index contributed by atoms with van der Waals surface area (Å²) in [7, 11) is 1.30. The molecule has 1 atom stereocenters. The van der Waals surface area contributed by atoms with Crippen LogP contribution >= 0.6 is 0 Å². The number of nitriles is 1. The van der Waals surface area contributed by atoms with E-state index >= 15 is 0 Å². The minimum absolute atomic E-state index is 0.0781. The number of aliphatic carboxylic acids is 1. The second kappa shape index (κ2) is 8.05. The minimum Gasteiger partial charge on any atom is -0.493 e. The van der Waals surface area contributed by atoms with Gasteiger partial charge in [-0.25, -0.2) is 4.79 Å². The summed E-state index contributed by atoms with van der Waals surface area (Å²) in [6.07, 6.45) is -6.44. The largest absolute Gasteiger partial charge is 0.493 e. The number of rotatable bonds is 7. The lowest BCUT2D eigenvalue weighted by Crippen LogP contribution is -2.45. The minimum atomic E-state index is -4.74. The van der Waals surface area contributed by atoms with Crippen LogP contribution in [0, 0.1) is 11.3 Å². The fourth-order valence-corrected chi connectivity index (χ4v) is 1.67. The number of carboxylic acid groups (broad SMARTS) is 1. The Kier molecular flexibility index (Phi) is 6.40. The van der Waals surface area contributed by atoms with E-state index in [2.05, 4.69) is 0 Å². The fourth-order valence-electron chi connectivity index (χ4n) is 1.67. The molecule has 0 aromatic heterocycles. The monoisotopic (exact) mass is 346 g/mol. The lowest BCUT2D eigenvalue weighted by atomic mass is 10.2. The second-order valence-corrected chi connectivity index (χ2v) is 4.54. The summed E-state index contributed by atoms with van der Waals surface area (Å²) in [4.78, 5) is 22.3. The number of hydrogen-bond acceptors (Lipinski definition) is 5. The van der Waals surface area contributed by atoms with E-state index in [1.807, 2.05) is 6.07 Å². The number of hydrogen-bond donors (Lipinski definition) is 2. The summed E-state index contributed by atoms with van der Waals surface area (Å²) in [6, 6.07) is 3.83. The van der Waals surface area contributed by atoms with Crippen LogP contribution in [-0.2, 0) is 9.59 Å². The van der Waals surface area contributed by atoms with Gasteiger partial charge >= 0.3 is 12.1 Å². The van der Waals surface area contributed by atoms with Gasteiger partial charge in [-0.1, -0.05) is 0 Å². The molecule has 0 fully saturated rings. The maximum absolute atomic E-state index is 12.2. The summed E-state index contributed by atoms with van der Waals surface area (Å²) in [5.41, 5.74) is 0.278. The first kappa shape index (κ1) is 19.1. The Bertz CT molecular complexity index is 655. The van der Waals surface area contributed by atoms with Gasteiger partial charge in [0.1, 0.15) is 6.04 Å². The van der Waals surface area contributed by atoms with Crippen LogP contribution in [-0.4, -0.2) is 42.9 Å². The Morgan fingerprint density at radius 2 is 2.04 bits per heavy atom. The van der Waals surface area contributed by atoms with Gasteiger partial charge in [-0.05, 0) is 12.1 Å². The first-order valence-corrected chi connectivity index (χ1v) is 6.46. The van der Waals surface area contributed by atoms with Crippen LogP contribution in [0.5, 0.6) is 11.5 Å². The highest BCUT2D eigenvalue weighted by Crippen LogP contribution is 2.27. The predicted molar refractivity (Wildman–Crippen MR) is 73.4 cm³/mol. The van der Waals surface area contributed by atoms with E-state index in [1.165, 1.54) is 25.3 Å². The van der Waals surface area contributed by atoms with E-state index < -0.39 is 37.1 Å². The van der Waals surface area contributed by atoms with Crippen LogP contribution in [0.15, 0.2) is 18.2 Å². The predicted octanol–water partition coefficient (Wildman–Crippen LogP) is 1.47. The zero-order valence-corrected chi connectivity index (χ0v) is 12.4. The average molecular weight is 346 g/mol. The second-order valence-electron chi connectivity index (χ2n) is 4.54. The van der Waals surface area contributed by atoms with Gasteiger partial charge in [0.25, 0.3) is 5.91 Å². The molecule has 0 aliphatic rings. The van der Waals surface area contributed by atoms with E-state index in [0.717, 1.165) is 0 Å². The van der Waals surface area contributed by atoms with Gasteiger partial charge in [-0.2, -0.15) is 18.4 Å². The van der Waals surface area contributed by atoms with E-state index in [-0.39, 0.29) is 17.1 Å². The maximum Gasteiger partial charge on any atom is 0.391 e. The molecule has 1 rings (SSSR count). The molecule has 1 aromatic carbocycles. The Labute approximate surface area is 134 Å². The normalized spacial score (nSPS) is 12.0. The Hall–Kier alpha value is -2.96. The van der Waals surface area contributed by atoms with Crippen molar-refractivity contribution in [3.63, 3.8) is 0 Å². The lowest BCUT2D eigenvalue weighted by molar-refractivity contribution is -0.160. The van der Waals surface area contributed by atoms with Gasteiger partial charge in [0.2, 0.25) is 0 Å². The van der Waals surface area contributed by atoms with Crippen molar-refractivity contribution < 1.29 is 37.3 Å². The quantitative estimate of drug-likeness (QED) is 0.774. The third-order valence-corrected chi connectivity index (χ3v) is 2.72. The van der Waals surface area contributed by atoms with Crippen molar-refractivity contribution >= 4 is 11.9 Å². The van der Waals surface area contributed by atoms with Gasteiger partial charge in [-0.3, -0.25) is 4.79 Å². The van der Waals surface area contributed by atoms with Crippen molar-refractivity contribution in [2.45, 2.75) is 18.6 Å². The highest BCUT2D eigenvalue weighted by Gasteiger charge is 2.36. The van der Waals surface area contributed by atoms with Crippen LogP contribution in [0.3, 0.4) is 0 Å². The topological polar surface area (TPSA) is 109 Å². The van der Waals surface area contributed by atoms with E-state index in [4.69, 9.17) is 19.8 Å². The molecule has 0 saturated carbocycles. The van der Waals surface area contributed by atoms with Gasteiger partial charge in [0, 0.05) is 6.07 Å². The highest BCUT2D eigenvalue weighted by molar-refractivity contribution is 5.84. The molecule has 0 radical (unpaired) electrons. The van der Waals surface area contributed by atoms with Crippen LogP contribution in [0.1, 0.15) is 12.0 Å². The molecular weight excluding hydrogens is 333 g/mol. The molecule has 130 valence electrons. The molecule has 0 saturated heterocycles. The first-order valence-electron chi connectivity index (χ1n) is 6.46. The molecule has 2 N–H and O–H groups in total. The average Bonchev–Trinajstić information content (AvgIpc) is 2.50. The zero-order chi connectivity index (χ0) is 18.3. The fraction of sp³-hybridized carbons (Fsp3) is 0.357. The van der Waals surface area contributed by atoms with E-state index in [0.29, 0.717) is 0 Å². The van der Waals surface area contributed by atoms with Crippen molar-refractivity contribution in [3.05, 3.63) is 23.8 Å². The van der Waals surface area contributed by atoms with Crippen molar-refractivity contribution in [1.29, 1.82) is 5.26 Å². The molecule has 0 aliphatic carbocycles. The van der Waals surface area contributed by atoms with Crippen LogP contribution in [0.4, 0.5) is 13.2 Å². The Balaban J connectivity index is 2.69. The molecule has 0 heterocycles. The van der Waals surface area contributed by atoms with Crippen molar-refractivity contribution in [2.24, 2.45) is 0 Å². The van der Waals surface area contributed by atoms with Crippen molar-refractivity contribution in [3.8, 4) is 17.6 Å². The standard InChI is InChI=1S/C14H13F3N2O5/c1-23-11-4-8(6-18)2-3-10(11)24-7-12(20)19-9(13(21)22)5-14(15,16)17/h2-4,9H,5,7H2,1H3,(H,19,20)(H,21,22). The smallest absolute Gasteiger partial charge is 0.391 e. The number of nitrogens with one attached hydrogen (secondary N) is 1. The summed E-state index contributed by atoms with van der Waals surface area (Å²) in [5, 5.41) is 19.2. The van der Waals surface area contributed by atoms with Crippen LogP contribution in [0.2, 0.25) is 0 Å². The summed E-state index contributed by atoms with van der Waals surface area (Å²) >= 11 is 0. The number of carbonyl (C=O) groups is 2. The van der Waals surface area contributed by atoms with Crippen LogP contribution < -0.4 is 14.8 Å². The Morgan fingerprint density at radius 3 is 2.54 bits per heavy atom. The zero-order valence-electron chi connectivity index (χ0n) is 12.4. The molecule has 1 amide bonds. The SMILES string of the molecule is COc1cc(C#N)ccc1OCC(=O)NC(CC(F)(F)F)C(=O)O. The number of benzene rings is 1. The van der Waals surface area contributed by atoms with Gasteiger partial charge in [-0.15, -0.1) is 0 Å². The molecule has 24 heavy (non-hydrogen) atoms. The van der Waals surface area contributed by atoms with Crippen LogP contribution in [0.25, 0.3) is 0 Å². The summed E-state index contributed by atoms with van der Waals surface area (Å²) in [6.45, 7) is -0.718. The number of halogens is 3. The Morgan fingerprint density at radius 1 is 1.38 bits per heavy atom. The van der Waals surface area contributed by atoms with Gasteiger partial charge in [0.15, 0.2) is 18.1 Å². The van der Waals surface area contributed by atoms with Crippen molar-refractivity contribution in [2.75, 3.05) is 13.7 Å². The molecule has 0 aliphatic heterocycles. The van der Waals surface area contributed by atoms with Gasteiger partial charge in [0.05, 0.1) is 25.2 Å². The molecule has 10 heteroatoms. The van der Waals surface area contributed by atoms with Gasteiger partial charge < -0.3 is 19.9 Å². The number of carbonyl (C=O) groups excluding carboxylic acids is 1. The number of alkyl halides is 3. The molecular formula is C14H13F3N2O5. The summed E-state index contributed by atoms with van der Waals surface area (Å²) in [5.74, 6) is -2.63. The molecule has 0 bridgehead atoms. The lowest BCUT2D eigenvalue weighted by Gasteiger charge is -2.17. The van der Waals surface area contributed by atoms with E-state index in [1.54, 1.807) is 5.32 Å². The third kappa shape index (κ3) is 6.04. The molecule has 0 spiro atoms. The summed E-state index contributed by atoms with van der Waals surface area (Å²) < 4.78 is 46.8. The molecule has 7 nitrogen and oxygen atoms in total. The first-order chi connectivity index (χ1) is 11.2. The molecule has 1 unspecified atom stereocenters. The van der Waals surface area contributed by atoms with E-state index in [9.17, 15) is 22.8 Å². The number of amides is 1. The third-order valence-electron chi connectivity index (χ3n) is 2.72. The highest BCUT2D eigenvalue weighted by atomic mass is 19.4. The number of carboxylic acids is 1.